The van der Waals surface area contributed by atoms with Crippen molar-refractivity contribution in [2.75, 3.05) is 0 Å². The molecule has 0 aliphatic heterocycles. The molecule has 176 valence electrons. The number of hydrogen-bond acceptors (Lipinski definition) is 5. The monoisotopic (exact) mass is 517 g/mol. The van der Waals surface area contributed by atoms with E-state index >= 15 is 0 Å². The molecule has 0 radical (unpaired) electrons. The zero-order chi connectivity index (χ0) is 24.4. The lowest BCUT2D eigenvalue weighted by molar-refractivity contribution is 0.732. The van der Waals surface area contributed by atoms with Crippen LogP contribution in [-0.2, 0) is 5.75 Å². The molecule has 0 N–H and O–H groups in total. The van der Waals surface area contributed by atoms with Crippen molar-refractivity contribution in [1.82, 2.24) is 14.5 Å². The Morgan fingerprint density at radius 2 is 1.83 bits per heavy atom. The maximum atomic E-state index is 13.6. The van der Waals surface area contributed by atoms with Crippen molar-refractivity contribution in [2.45, 2.75) is 37.1 Å². The molecule has 0 bridgehead atoms. The summed E-state index contributed by atoms with van der Waals surface area (Å²) in [5.74, 6) is 1.13. The first-order valence-corrected chi connectivity index (χ1v) is 13.7. The number of thioether (sulfide) groups is 1. The van der Waals surface area contributed by atoms with Crippen LogP contribution >= 0.6 is 34.7 Å². The van der Waals surface area contributed by atoms with Crippen LogP contribution < -0.4 is 5.56 Å². The second-order valence-electron chi connectivity index (χ2n) is 8.38. The minimum absolute atomic E-state index is 0.0975. The van der Waals surface area contributed by atoms with Crippen LogP contribution in [-0.4, -0.2) is 14.5 Å². The Labute approximate surface area is 217 Å². The maximum absolute atomic E-state index is 13.6. The van der Waals surface area contributed by atoms with Gasteiger partial charge in [0.1, 0.15) is 5.01 Å². The molecule has 0 spiro atoms. The molecule has 0 unspecified atom stereocenters. The Morgan fingerprint density at radius 3 is 2.57 bits per heavy atom. The fraction of sp³-hybridized carbons (Fsp3) is 0.179. The summed E-state index contributed by atoms with van der Waals surface area (Å²) in [5, 5.41) is 2.73. The molecule has 7 heteroatoms. The third-order valence-electron chi connectivity index (χ3n) is 6.05. The van der Waals surface area contributed by atoms with Crippen molar-refractivity contribution in [3.63, 3.8) is 0 Å². The van der Waals surface area contributed by atoms with Gasteiger partial charge in [-0.2, -0.15) is 0 Å². The standard InChI is InChI=1S/C28H24ClN3OS2/c1-3-18(2)19-9-12-22(13-10-19)32-27(33)24-14-11-21(29)15-25(24)31-28(32)34-17-23-16-30-26(35-23)20-7-5-4-6-8-20/h4-16,18H,3,17H2,1-2H3/t18-/m1/s1. The molecular weight excluding hydrogens is 494 g/mol. The molecule has 0 fully saturated rings. The fourth-order valence-corrected chi connectivity index (χ4v) is 5.99. The van der Waals surface area contributed by atoms with E-state index < -0.39 is 0 Å². The van der Waals surface area contributed by atoms with Crippen LogP contribution in [0.4, 0.5) is 0 Å². The van der Waals surface area contributed by atoms with Gasteiger partial charge in [0, 0.05) is 27.4 Å². The van der Waals surface area contributed by atoms with Gasteiger partial charge < -0.3 is 0 Å². The van der Waals surface area contributed by atoms with Gasteiger partial charge in [0.2, 0.25) is 0 Å². The predicted octanol–water partition coefficient (Wildman–Crippen LogP) is 7.97. The molecule has 0 amide bonds. The summed E-state index contributed by atoms with van der Waals surface area (Å²) in [5.41, 5.74) is 3.68. The van der Waals surface area contributed by atoms with Crippen molar-refractivity contribution in [2.24, 2.45) is 0 Å². The van der Waals surface area contributed by atoms with Crippen molar-refractivity contribution in [3.8, 4) is 16.3 Å². The van der Waals surface area contributed by atoms with Crippen molar-refractivity contribution in [3.05, 3.63) is 105 Å². The Balaban J connectivity index is 1.52. The highest BCUT2D eigenvalue weighted by Gasteiger charge is 2.15. The molecule has 0 saturated heterocycles. The quantitative estimate of drug-likeness (QED) is 0.162. The summed E-state index contributed by atoms with van der Waals surface area (Å²) in [7, 11) is 0. The van der Waals surface area contributed by atoms with Crippen LogP contribution in [0.25, 0.3) is 27.2 Å². The molecule has 5 rings (SSSR count). The first-order chi connectivity index (χ1) is 17.0. The van der Waals surface area contributed by atoms with E-state index in [1.807, 2.05) is 36.5 Å². The molecular formula is C28H24ClN3OS2. The molecule has 1 atom stereocenters. The lowest BCUT2D eigenvalue weighted by atomic mass is 9.98. The summed E-state index contributed by atoms with van der Waals surface area (Å²) in [4.78, 5) is 24.2. The second-order valence-corrected chi connectivity index (χ2v) is 10.9. The number of fused-ring (bicyclic) bond motifs is 1. The van der Waals surface area contributed by atoms with Crippen molar-refractivity contribution in [1.29, 1.82) is 0 Å². The van der Waals surface area contributed by atoms with Crippen LogP contribution in [0.15, 0.2) is 88.9 Å². The molecule has 35 heavy (non-hydrogen) atoms. The number of benzene rings is 3. The smallest absolute Gasteiger partial charge is 0.266 e. The molecule has 0 aliphatic carbocycles. The summed E-state index contributed by atoms with van der Waals surface area (Å²) < 4.78 is 1.71. The number of halogens is 1. The summed E-state index contributed by atoms with van der Waals surface area (Å²) in [6, 6.07) is 23.6. The zero-order valence-corrected chi connectivity index (χ0v) is 21.8. The lowest BCUT2D eigenvalue weighted by Crippen LogP contribution is -2.21. The molecule has 5 aromatic rings. The van der Waals surface area contributed by atoms with Gasteiger partial charge in [0.25, 0.3) is 5.56 Å². The van der Waals surface area contributed by atoms with Crippen LogP contribution in [0, 0.1) is 0 Å². The second kappa shape index (κ2) is 10.4. The number of aromatic nitrogens is 3. The average molecular weight is 518 g/mol. The summed E-state index contributed by atoms with van der Waals surface area (Å²) in [6.45, 7) is 4.39. The van der Waals surface area contributed by atoms with Gasteiger partial charge in [-0.1, -0.05) is 79.7 Å². The highest BCUT2D eigenvalue weighted by atomic mass is 35.5. The molecule has 2 aromatic heterocycles. The van der Waals surface area contributed by atoms with Gasteiger partial charge in [0.15, 0.2) is 5.16 Å². The van der Waals surface area contributed by atoms with Crippen molar-refractivity contribution >= 4 is 45.6 Å². The third kappa shape index (κ3) is 5.06. The Hall–Kier alpha value is -2.93. The normalized spacial score (nSPS) is 12.2. The van der Waals surface area contributed by atoms with Gasteiger partial charge in [-0.3, -0.25) is 9.36 Å². The van der Waals surface area contributed by atoms with E-state index in [9.17, 15) is 4.79 Å². The lowest BCUT2D eigenvalue weighted by Gasteiger charge is -2.15. The topological polar surface area (TPSA) is 47.8 Å². The first kappa shape index (κ1) is 23.8. The van der Waals surface area contributed by atoms with Gasteiger partial charge >= 0.3 is 0 Å². The van der Waals surface area contributed by atoms with Crippen LogP contribution in [0.5, 0.6) is 0 Å². The largest absolute Gasteiger partial charge is 0.268 e. The molecule has 0 aliphatic rings. The third-order valence-corrected chi connectivity index (χ3v) is 8.50. The van der Waals surface area contributed by atoms with E-state index in [1.165, 1.54) is 17.3 Å². The van der Waals surface area contributed by atoms with Gasteiger partial charge in [0.05, 0.1) is 16.6 Å². The van der Waals surface area contributed by atoms with E-state index in [0.29, 0.717) is 32.8 Å². The molecule has 4 nitrogen and oxygen atoms in total. The van der Waals surface area contributed by atoms with Crippen LogP contribution in [0.2, 0.25) is 5.02 Å². The molecule has 2 heterocycles. The predicted molar refractivity (Wildman–Crippen MR) is 148 cm³/mol. The first-order valence-electron chi connectivity index (χ1n) is 11.5. The van der Waals surface area contributed by atoms with Crippen LogP contribution in [0.3, 0.4) is 0 Å². The number of thiazole rings is 1. The molecule has 0 saturated carbocycles. The Kier molecular flexibility index (Phi) is 7.04. The maximum Gasteiger partial charge on any atom is 0.266 e. The van der Waals surface area contributed by atoms with E-state index in [-0.39, 0.29) is 5.56 Å². The Bertz CT molecular complexity index is 1530. The Morgan fingerprint density at radius 1 is 1.06 bits per heavy atom. The number of rotatable bonds is 7. The molecule has 3 aromatic carbocycles. The number of nitrogens with zero attached hydrogens (tertiary/aromatic N) is 3. The van der Waals surface area contributed by atoms with Crippen molar-refractivity contribution < 1.29 is 0 Å². The van der Waals surface area contributed by atoms with E-state index in [4.69, 9.17) is 16.6 Å². The van der Waals surface area contributed by atoms with Gasteiger partial charge in [-0.25, -0.2) is 9.97 Å². The number of hydrogen-bond donors (Lipinski definition) is 0. The fourth-order valence-electron chi connectivity index (χ4n) is 3.87. The highest BCUT2D eigenvalue weighted by molar-refractivity contribution is 7.98. The summed E-state index contributed by atoms with van der Waals surface area (Å²) in [6.07, 6.45) is 2.97. The van der Waals surface area contributed by atoms with Crippen LogP contribution in [0.1, 0.15) is 36.6 Å². The zero-order valence-electron chi connectivity index (χ0n) is 19.4. The summed E-state index contributed by atoms with van der Waals surface area (Å²) >= 11 is 9.40. The highest BCUT2D eigenvalue weighted by Crippen LogP contribution is 2.31. The SMILES string of the molecule is CC[C@@H](C)c1ccc(-n2c(SCc3cnc(-c4ccccc4)s3)nc3cc(Cl)ccc3c2=O)cc1. The van der Waals surface area contributed by atoms with E-state index in [0.717, 1.165) is 27.6 Å². The minimum atomic E-state index is -0.0975. The van der Waals surface area contributed by atoms with Gasteiger partial charge in [-0.15, -0.1) is 11.3 Å². The minimum Gasteiger partial charge on any atom is -0.268 e. The average Bonchev–Trinajstić information content (AvgIpc) is 3.37. The van der Waals surface area contributed by atoms with E-state index in [2.05, 4.69) is 43.1 Å². The van der Waals surface area contributed by atoms with E-state index in [1.54, 1.807) is 34.1 Å². The van der Waals surface area contributed by atoms with Gasteiger partial charge in [-0.05, 0) is 48.2 Å².